The summed E-state index contributed by atoms with van der Waals surface area (Å²) in [5.74, 6) is 0.288. The predicted molar refractivity (Wildman–Crippen MR) is 78.3 cm³/mol. The van der Waals surface area contributed by atoms with Crippen LogP contribution >= 0.6 is 23.2 Å². The van der Waals surface area contributed by atoms with E-state index in [1.807, 2.05) is 0 Å². The van der Waals surface area contributed by atoms with Gasteiger partial charge in [-0.2, -0.15) is 0 Å². The second-order valence-electron chi connectivity index (χ2n) is 5.01. The van der Waals surface area contributed by atoms with E-state index in [2.05, 4.69) is 4.72 Å². The average Bonchev–Trinajstić information content (AvgIpc) is 2.39. The first-order valence-electron chi connectivity index (χ1n) is 6.34. The van der Waals surface area contributed by atoms with Crippen LogP contribution < -0.4 is 4.72 Å². The van der Waals surface area contributed by atoms with Crippen molar-refractivity contribution in [1.29, 1.82) is 0 Å². The van der Waals surface area contributed by atoms with E-state index in [1.165, 1.54) is 6.07 Å². The lowest BCUT2D eigenvalue weighted by Crippen LogP contribution is -2.51. The van der Waals surface area contributed by atoms with E-state index in [0.717, 1.165) is 32.1 Å². The molecule has 1 N–H and O–H groups in total. The van der Waals surface area contributed by atoms with Crippen LogP contribution in [0.2, 0.25) is 5.02 Å². The van der Waals surface area contributed by atoms with E-state index < -0.39 is 15.6 Å². The fourth-order valence-electron chi connectivity index (χ4n) is 2.49. The molecule has 0 aromatic heterocycles. The van der Waals surface area contributed by atoms with Crippen LogP contribution in [0.15, 0.2) is 29.2 Å². The molecule has 0 amide bonds. The minimum absolute atomic E-state index is 0.117. The van der Waals surface area contributed by atoms with Crippen molar-refractivity contribution in [2.24, 2.45) is 0 Å². The summed E-state index contributed by atoms with van der Waals surface area (Å²) in [4.78, 5) is 0.117. The molecule has 1 aliphatic rings. The molecule has 19 heavy (non-hydrogen) atoms. The molecule has 0 saturated heterocycles. The zero-order valence-corrected chi connectivity index (χ0v) is 12.9. The number of halogens is 2. The molecule has 0 atom stereocenters. The first-order chi connectivity index (χ1) is 8.99. The second-order valence-corrected chi connectivity index (χ2v) is 7.34. The Bertz CT molecular complexity index is 539. The molecule has 0 bridgehead atoms. The second kappa shape index (κ2) is 6.00. The van der Waals surface area contributed by atoms with Crippen molar-refractivity contribution in [3.63, 3.8) is 0 Å². The highest BCUT2D eigenvalue weighted by Gasteiger charge is 2.36. The van der Waals surface area contributed by atoms with Gasteiger partial charge in [-0.1, -0.05) is 43.0 Å². The molecule has 0 heterocycles. The first kappa shape index (κ1) is 15.1. The summed E-state index contributed by atoms with van der Waals surface area (Å²) in [6.45, 7) is 0. The maximum absolute atomic E-state index is 12.4. The maximum Gasteiger partial charge on any atom is 0.242 e. The van der Waals surface area contributed by atoms with Crippen LogP contribution in [0.4, 0.5) is 0 Å². The summed E-state index contributed by atoms with van der Waals surface area (Å²) in [5.41, 5.74) is -0.530. The van der Waals surface area contributed by atoms with E-state index in [4.69, 9.17) is 23.2 Å². The monoisotopic (exact) mass is 321 g/mol. The van der Waals surface area contributed by atoms with Crippen LogP contribution in [-0.4, -0.2) is 19.8 Å². The van der Waals surface area contributed by atoms with Crippen molar-refractivity contribution < 1.29 is 8.42 Å². The van der Waals surface area contributed by atoms with Crippen molar-refractivity contribution in [3.8, 4) is 0 Å². The molecule has 6 heteroatoms. The molecule has 1 fully saturated rings. The zero-order valence-electron chi connectivity index (χ0n) is 10.5. The van der Waals surface area contributed by atoms with Crippen LogP contribution in [0.3, 0.4) is 0 Å². The van der Waals surface area contributed by atoms with Gasteiger partial charge in [0.2, 0.25) is 10.0 Å². The number of nitrogens with one attached hydrogen (secondary N) is 1. The number of rotatable bonds is 4. The highest BCUT2D eigenvalue weighted by atomic mass is 35.5. The summed E-state index contributed by atoms with van der Waals surface area (Å²) in [6, 6.07) is 6.45. The molecule has 2 rings (SSSR count). The average molecular weight is 322 g/mol. The molecule has 1 aliphatic carbocycles. The van der Waals surface area contributed by atoms with Crippen LogP contribution in [0.1, 0.15) is 32.1 Å². The van der Waals surface area contributed by atoms with Crippen LogP contribution in [0, 0.1) is 0 Å². The molecule has 1 aromatic rings. The Kier molecular flexibility index (Phi) is 4.77. The normalized spacial score (nSPS) is 19.3. The predicted octanol–water partition coefficient (Wildman–Crippen LogP) is 3.56. The molecule has 0 unspecified atom stereocenters. The lowest BCUT2D eigenvalue weighted by molar-refractivity contribution is 0.298. The summed E-state index contributed by atoms with van der Waals surface area (Å²) in [7, 11) is -3.63. The Hall–Kier alpha value is -0.290. The van der Waals surface area contributed by atoms with Gasteiger partial charge in [-0.05, 0) is 25.0 Å². The van der Waals surface area contributed by atoms with Gasteiger partial charge in [-0.15, -0.1) is 11.6 Å². The number of alkyl halides is 1. The highest BCUT2D eigenvalue weighted by molar-refractivity contribution is 7.89. The molecule has 0 radical (unpaired) electrons. The fraction of sp³-hybridized carbons (Fsp3) is 0.538. The molecule has 0 spiro atoms. The van der Waals surface area contributed by atoms with Crippen LogP contribution in [0.5, 0.6) is 0 Å². The third-order valence-electron chi connectivity index (χ3n) is 3.54. The zero-order chi connectivity index (χ0) is 13.9. The van der Waals surface area contributed by atoms with E-state index >= 15 is 0 Å². The topological polar surface area (TPSA) is 46.2 Å². The number of benzene rings is 1. The third-order valence-corrected chi connectivity index (χ3v) is 6.13. The van der Waals surface area contributed by atoms with Crippen molar-refractivity contribution in [1.82, 2.24) is 4.72 Å². The fourth-order valence-corrected chi connectivity index (χ4v) is 4.89. The SMILES string of the molecule is O=S(=O)(NC1(CCl)CCCCC1)c1ccccc1Cl. The summed E-state index contributed by atoms with van der Waals surface area (Å²) >= 11 is 12.0. The van der Waals surface area contributed by atoms with Gasteiger partial charge in [0, 0.05) is 11.4 Å². The van der Waals surface area contributed by atoms with Crippen molar-refractivity contribution in [3.05, 3.63) is 29.3 Å². The van der Waals surface area contributed by atoms with E-state index in [-0.39, 0.29) is 15.8 Å². The lowest BCUT2D eigenvalue weighted by Gasteiger charge is -2.36. The van der Waals surface area contributed by atoms with Crippen LogP contribution in [-0.2, 0) is 10.0 Å². The molecule has 1 saturated carbocycles. The summed E-state index contributed by atoms with van der Waals surface area (Å²) in [6.07, 6.45) is 4.68. The van der Waals surface area contributed by atoms with Crippen molar-refractivity contribution in [2.45, 2.75) is 42.5 Å². The Balaban J connectivity index is 2.28. The minimum Gasteiger partial charge on any atom is -0.207 e. The Morgan fingerprint density at radius 2 is 1.79 bits per heavy atom. The van der Waals surface area contributed by atoms with Gasteiger partial charge in [0.25, 0.3) is 0 Å². The van der Waals surface area contributed by atoms with Crippen molar-refractivity contribution >= 4 is 33.2 Å². The molecule has 106 valence electrons. The van der Waals surface area contributed by atoms with Crippen LogP contribution in [0.25, 0.3) is 0 Å². The molecular formula is C13H17Cl2NO2S. The van der Waals surface area contributed by atoms with Gasteiger partial charge in [0.1, 0.15) is 4.90 Å². The number of hydrogen-bond acceptors (Lipinski definition) is 2. The molecule has 1 aromatic carbocycles. The van der Waals surface area contributed by atoms with Gasteiger partial charge >= 0.3 is 0 Å². The van der Waals surface area contributed by atoms with Gasteiger partial charge in [-0.25, -0.2) is 13.1 Å². The quantitative estimate of drug-likeness (QED) is 0.862. The van der Waals surface area contributed by atoms with Gasteiger partial charge in [-0.3, -0.25) is 0 Å². The smallest absolute Gasteiger partial charge is 0.207 e. The number of hydrogen-bond donors (Lipinski definition) is 1. The molecule has 0 aliphatic heterocycles. The minimum atomic E-state index is -3.63. The van der Waals surface area contributed by atoms with Gasteiger partial charge in [0.15, 0.2) is 0 Å². The van der Waals surface area contributed by atoms with Crippen molar-refractivity contribution in [2.75, 3.05) is 5.88 Å². The van der Waals surface area contributed by atoms with E-state index in [9.17, 15) is 8.42 Å². The molecular weight excluding hydrogens is 305 g/mol. The Morgan fingerprint density at radius 1 is 1.16 bits per heavy atom. The standard InChI is InChI=1S/C13H17Cl2NO2S/c14-10-13(8-4-1-5-9-13)16-19(17,18)12-7-3-2-6-11(12)15/h2-3,6-7,16H,1,4-5,8-10H2. The van der Waals surface area contributed by atoms with E-state index in [1.54, 1.807) is 18.2 Å². The van der Waals surface area contributed by atoms with E-state index in [0.29, 0.717) is 0 Å². The van der Waals surface area contributed by atoms with Gasteiger partial charge in [0.05, 0.1) is 5.02 Å². The Labute approximate surface area is 124 Å². The largest absolute Gasteiger partial charge is 0.242 e. The molecule has 3 nitrogen and oxygen atoms in total. The summed E-state index contributed by atoms with van der Waals surface area (Å²) < 4.78 is 27.6. The first-order valence-corrected chi connectivity index (χ1v) is 8.73. The lowest BCUT2D eigenvalue weighted by atomic mass is 9.84. The summed E-state index contributed by atoms with van der Waals surface area (Å²) in [5, 5.41) is 0.232. The van der Waals surface area contributed by atoms with Gasteiger partial charge < -0.3 is 0 Å². The number of sulfonamides is 1. The Morgan fingerprint density at radius 3 is 2.37 bits per heavy atom. The highest BCUT2D eigenvalue weighted by Crippen LogP contribution is 2.32. The maximum atomic E-state index is 12.4. The third kappa shape index (κ3) is 3.43.